The Morgan fingerprint density at radius 3 is 2.45 bits per heavy atom. The summed E-state index contributed by atoms with van der Waals surface area (Å²) in [4.78, 5) is 44.0. The van der Waals surface area contributed by atoms with Gasteiger partial charge in [0.15, 0.2) is 22.4 Å². The molecule has 2 amide bonds. The summed E-state index contributed by atoms with van der Waals surface area (Å²) in [5.41, 5.74) is 1.31. The number of fused-ring (bicyclic) bond motifs is 1. The number of ether oxygens (including phenoxy) is 3. The first-order valence-electron chi connectivity index (χ1n) is 9.89. The zero-order chi connectivity index (χ0) is 22.1. The number of amides is 2. The Balaban J connectivity index is 1.51. The minimum atomic E-state index is -0.539. The van der Waals surface area contributed by atoms with Gasteiger partial charge in [-0.1, -0.05) is 11.3 Å². The third-order valence-electron chi connectivity index (χ3n) is 5.46. The van der Waals surface area contributed by atoms with Gasteiger partial charge in [0, 0.05) is 31.5 Å². The zero-order valence-corrected chi connectivity index (χ0v) is 18.3. The Morgan fingerprint density at radius 2 is 1.84 bits per heavy atom. The number of methoxy groups -OCH3 is 3. The molecule has 2 aliphatic rings. The molecule has 1 aromatic carbocycles. The van der Waals surface area contributed by atoms with E-state index in [9.17, 15) is 14.4 Å². The molecule has 1 saturated heterocycles. The van der Waals surface area contributed by atoms with E-state index in [-0.39, 0.29) is 30.6 Å². The number of rotatable bonds is 6. The van der Waals surface area contributed by atoms with Gasteiger partial charge in [-0.25, -0.2) is 4.98 Å². The minimum Gasteiger partial charge on any atom is -0.493 e. The molecule has 1 atom stereocenters. The van der Waals surface area contributed by atoms with Gasteiger partial charge in [0.25, 0.3) is 0 Å². The fraction of sp³-hybridized carbons (Fsp3) is 0.429. The number of benzene rings is 1. The van der Waals surface area contributed by atoms with Crippen molar-refractivity contribution in [2.24, 2.45) is 5.92 Å². The maximum atomic E-state index is 12.8. The van der Waals surface area contributed by atoms with E-state index in [1.807, 2.05) is 0 Å². The SMILES string of the molecule is COc1cc(N2CC(C(=O)Nc3nc4c(s3)C(=O)CCC4)CC2=O)cc(OC)c1OC. The Morgan fingerprint density at radius 1 is 1.13 bits per heavy atom. The second kappa shape index (κ2) is 8.54. The predicted molar refractivity (Wildman–Crippen MR) is 115 cm³/mol. The molecule has 1 aliphatic carbocycles. The molecule has 0 bridgehead atoms. The number of ketones is 1. The molecule has 1 aliphatic heterocycles. The highest BCUT2D eigenvalue weighted by atomic mass is 32.1. The van der Waals surface area contributed by atoms with Crippen molar-refractivity contribution in [2.75, 3.05) is 38.1 Å². The topological polar surface area (TPSA) is 107 Å². The number of hydrogen-bond donors (Lipinski definition) is 1. The lowest BCUT2D eigenvalue weighted by Crippen LogP contribution is -2.28. The lowest BCUT2D eigenvalue weighted by atomic mass is 10.0. The average molecular weight is 445 g/mol. The molecule has 4 rings (SSSR count). The van der Waals surface area contributed by atoms with Crippen LogP contribution in [0.1, 0.15) is 34.6 Å². The highest BCUT2D eigenvalue weighted by Gasteiger charge is 2.36. The lowest BCUT2D eigenvalue weighted by Gasteiger charge is -2.20. The number of carbonyl (C=O) groups is 3. The van der Waals surface area contributed by atoms with E-state index in [0.29, 0.717) is 39.4 Å². The summed E-state index contributed by atoms with van der Waals surface area (Å²) in [6.07, 6.45) is 2.12. The maximum Gasteiger partial charge on any atom is 0.231 e. The van der Waals surface area contributed by atoms with Crippen LogP contribution in [0, 0.1) is 5.92 Å². The van der Waals surface area contributed by atoms with E-state index in [0.717, 1.165) is 18.5 Å². The van der Waals surface area contributed by atoms with Crippen molar-refractivity contribution in [1.82, 2.24) is 4.98 Å². The molecule has 0 radical (unpaired) electrons. The van der Waals surface area contributed by atoms with Crippen LogP contribution < -0.4 is 24.4 Å². The van der Waals surface area contributed by atoms with Crippen LogP contribution in [0.4, 0.5) is 10.8 Å². The Kier molecular flexibility index (Phi) is 5.81. The fourth-order valence-corrected chi connectivity index (χ4v) is 4.87. The first-order valence-corrected chi connectivity index (χ1v) is 10.7. The summed E-state index contributed by atoms with van der Waals surface area (Å²) >= 11 is 1.20. The van der Waals surface area contributed by atoms with Crippen molar-refractivity contribution in [3.63, 3.8) is 0 Å². The number of nitrogens with zero attached hydrogens (tertiary/aromatic N) is 2. The monoisotopic (exact) mass is 445 g/mol. The van der Waals surface area contributed by atoms with Crippen LogP contribution in [0.3, 0.4) is 0 Å². The molecule has 1 aromatic heterocycles. The highest BCUT2D eigenvalue weighted by molar-refractivity contribution is 7.17. The van der Waals surface area contributed by atoms with E-state index in [1.54, 1.807) is 12.1 Å². The number of aryl methyl sites for hydroxylation is 1. The van der Waals surface area contributed by atoms with Gasteiger partial charge in [-0.2, -0.15) is 0 Å². The van der Waals surface area contributed by atoms with E-state index in [2.05, 4.69) is 10.3 Å². The van der Waals surface area contributed by atoms with E-state index in [1.165, 1.54) is 37.6 Å². The maximum absolute atomic E-state index is 12.8. The van der Waals surface area contributed by atoms with Gasteiger partial charge in [-0.05, 0) is 12.8 Å². The third-order valence-corrected chi connectivity index (χ3v) is 6.51. The number of Topliss-reactive ketones (excluding diaryl/α,β-unsaturated/α-hetero) is 1. The smallest absolute Gasteiger partial charge is 0.231 e. The first kappa shape index (κ1) is 21.1. The molecule has 0 saturated carbocycles. The molecule has 2 aromatic rings. The zero-order valence-electron chi connectivity index (χ0n) is 17.5. The second-order valence-electron chi connectivity index (χ2n) is 7.35. The van der Waals surface area contributed by atoms with Gasteiger partial charge in [0.1, 0.15) is 0 Å². The van der Waals surface area contributed by atoms with Gasteiger partial charge in [-0.15, -0.1) is 0 Å². The molecule has 9 nitrogen and oxygen atoms in total. The lowest BCUT2D eigenvalue weighted by molar-refractivity contribution is -0.122. The fourth-order valence-electron chi connectivity index (χ4n) is 3.89. The normalized spacial score (nSPS) is 18.0. The van der Waals surface area contributed by atoms with Crippen LogP contribution in [0.25, 0.3) is 0 Å². The second-order valence-corrected chi connectivity index (χ2v) is 8.35. The largest absolute Gasteiger partial charge is 0.493 e. The van der Waals surface area contributed by atoms with Crippen molar-refractivity contribution in [1.29, 1.82) is 0 Å². The van der Waals surface area contributed by atoms with Crippen LogP contribution in [0.5, 0.6) is 17.2 Å². The van der Waals surface area contributed by atoms with Crippen LogP contribution in [-0.2, 0) is 16.0 Å². The molecule has 10 heteroatoms. The number of anilines is 2. The number of hydrogen-bond acceptors (Lipinski definition) is 8. The molecule has 1 N–H and O–H groups in total. The summed E-state index contributed by atoms with van der Waals surface area (Å²) < 4.78 is 16.0. The number of thiazole rings is 1. The molecular formula is C21H23N3O6S. The number of nitrogens with one attached hydrogen (secondary N) is 1. The van der Waals surface area contributed by atoms with Gasteiger partial charge in [-0.3, -0.25) is 14.4 Å². The molecular weight excluding hydrogens is 422 g/mol. The number of carbonyl (C=O) groups excluding carboxylic acids is 3. The Bertz CT molecular complexity index is 1020. The third kappa shape index (κ3) is 3.95. The van der Waals surface area contributed by atoms with Crippen LogP contribution in [0.2, 0.25) is 0 Å². The molecule has 31 heavy (non-hydrogen) atoms. The summed E-state index contributed by atoms with van der Waals surface area (Å²) in [5.74, 6) is 0.347. The summed E-state index contributed by atoms with van der Waals surface area (Å²) in [6, 6.07) is 3.36. The average Bonchev–Trinajstić information content (AvgIpc) is 3.36. The van der Waals surface area contributed by atoms with Crippen LogP contribution in [0.15, 0.2) is 12.1 Å². The van der Waals surface area contributed by atoms with Crippen molar-refractivity contribution < 1.29 is 28.6 Å². The van der Waals surface area contributed by atoms with E-state index in [4.69, 9.17) is 14.2 Å². The minimum absolute atomic E-state index is 0.0730. The summed E-state index contributed by atoms with van der Waals surface area (Å²) in [5, 5.41) is 3.19. The quantitative estimate of drug-likeness (QED) is 0.728. The molecule has 1 fully saturated rings. The van der Waals surface area contributed by atoms with Crippen molar-refractivity contribution >= 4 is 39.8 Å². The molecule has 0 spiro atoms. The van der Waals surface area contributed by atoms with Crippen LogP contribution >= 0.6 is 11.3 Å². The van der Waals surface area contributed by atoms with Crippen molar-refractivity contribution in [3.8, 4) is 17.2 Å². The summed E-state index contributed by atoms with van der Waals surface area (Å²) in [7, 11) is 4.51. The standard InChI is InChI=1S/C21H23N3O6S/c1-28-15-8-12(9-16(29-2)18(15)30-3)24-10-11(7-17(24)26)20(27)23-21-22-13-5-4-6-14(25)19(13)31-21/h8-9,11H,4-7,10H2,1-3H3,(H,22,23,27). The summed E-state index contributed by atoms with van der Waals surface area (Å²) in [6.45, 7) is 0.216. The number of aromatic nitrogens is 1. The predicted octanol–water partition coefficient (Wildman–Crippen LogP) is 2.68. The van der Waals surface area contributed by atoms with Gasteiger partial charge in [0.2, 0.25) is 17.6 Å². The Hall–Kier alpha value is -3.14. The first-order chi connectivity index (χ1) is 14.9. The van der Waals surface area contributed by atoms with Crippen LogP contribution in [-0.4, -0.2) is 50.5 Å². The van der Waals surface area contributed by atoms with E-state index < -0.39 is 5.92 Å². The van der Waals surface area contributed by atoms with Gasteiger partial charge in [0.05, 0.1) is 43.5 Å². The molecule has 164 valence electrons. The van der Waals surface area contributed by atoms with Gasteiger partial charge < -0.3 is 24.4 Å². The van der Waals surface area contributed by atoms with Crippen molar-refractivity contribution in [2.45, 2.75) is 25.7 Å². The highest BCUT2D eigenvalue weighted by Crippen LogP contribution is 2.42. The molecule has 1 unspecified atom stereocenters. The van der Waals surface area contributed by atoms with Gasteiger partial charge >= 0.3 is 0 Å². The van der Waals surface area contributed by atoms with E-state index >= 15 is 0 Å². The Labute approximate surface area is 183 Å². The van der Waals surface area contributed by atoms with Crippen molar-refractivity contribution in [3.05, 3.63) is 22.7 Å². The molecule has 2 heterocycles.